The van der Waals surface area contributed by atoms with Crippen molar-refractivity contribution >= 4 is 15.9 Å². The number of amides is 1. The highest BCUT2D eigenvalue weighted by Crippen LogP contribution is 2.22. The third-order valence-corrected chi connectivity index (χ3v) is 4.84. The van der Waals surface area contributed by atoms with Crippen LogP contribution in [0.15, 0.2) is 30.3 Å². The highest BCUT2D eigenvalue weighted by molar-refractivity contribution is 7.88. The first kappa shape index (κ1) is 15.0. The fraction of sp³-hybridized carbons (Fsp3) is 0.500. The van der Waals surface area contributed by atoms with E-state index >= 15 is 0 Å². The molecule has 0 bridgehead atoms. The van der Waals surface area contributed by atoms with Gasteiger partial charge >= 0.3 is 0 Å². The van der Waals surface area contributed by atoms with Crippen molar-refractivity contribution in [1.29, 1.82) is 0 Å². The topological polar surface area (TPSA) is 57.7 Å². The molecule has 0 unspecified atom stereocenters. The Morgan fingerprint density at radius 2 is 2.00 bits per heavy atom. The Labute approximate surface area is 120 Å². The van der Waals surface area contributed by atoms with Crippen molar-refractivity contribution in [2.75, 3.05) is 19.8 Å². The third-order valence-electron chi connectivity index (χ3n) is 3.55. The van der Waals surface area contributed by atoms with Gasteiger partial charge in [0.25, 0.3) is 0 Å². The van der Waals surface area contributed by atoms with Crippen LogP contribution < -0.4 is 0 Å². The second-order valence-corrected chi connectivity index (χ2v) is 7.15. The molecule has 1 atom stereocenters. The number of hydrogen-bond acceptors (Lipinski definition) is 3. The summed E-state index contributed by atoms with van der Waals surface area (Å²) in [5.74, 6) is -0.128. The fourth-order valence-corrected chi connectivity index (χ4v) is 3.69. The van der Waals surface area contributed by atoms with E-state index in [-0.39, 0.29) is 5.91 Å². The zero-order chi connectivity index (χ0) is 14.8. The molecule has 0 aromatic heterocycles. The molecule has 1 aliphatic heterocycles. The third kappa shape index (κ3) is 3.37. The summed E-state index contributed by atoms with van der Waals surface area (Å²) in [6.45, 7) is 0.933. The van der Waals surface area contributed by atoms with Crippen LogP contribution in [0.25, 0.3) is 0 Å². The zero-order valence-corrected chi connectivity index (χ0v) is 12.6. The Morgan fingerprint density at radius 1 is 1.35 bits per heavy atom. The van der Waals surface area contributed by atoms with Crippen LogP contribution >= 0.6 is 0 Å². The largest absolute Gasteiger partial charge is 0.340 e. The molecule has 5 nitrogen and oxygen atoms in total. The van der Waals surface area contributed by atoms with Crippen molar-refractivity contribution in [3.05, 3.63) is 35.9 Å². The zero-order valence-electron chi connectivity index (χ0n) is 11.8. The molecule has 1 amide bonds. The van der Waals surface area contributed by atoms with E-state index < -0.39 is 16.1 Å². The second kappa shape index (κ2) is 5.93. The van der Waals surface area contributed by atoms with Gasteiger partial charge in [-0.2, -0.15) is 4.31 Å². The van der Waals surface area contributed by atoms with Gasteiger partial charge < -0.3 is 4.90 Å². The number of hydrogen-bond donors (Lipinski definition) is 0. The maximum atomic E-state index is 12.4. The molecule has 1 heterocycles. The number of sulfonamides is 1. The van der Waals surface area contributed by atoms with Crippen LogP contribution in [0, 0.1) is 0 Å². The lowest BCUT2D eigenvalue weighted by Gasteiger charge is -2.26. The Balaban J connectivity index is 2.07. The molecule has 0 aliphatic carbocycles. The van der Waals surface area contributed by atoms with Gasteiger partial charge in [-0.25, -0.2) is 8.42 Å². The smallest absolute Gasteiger partial charge is 0.241 e. The average molecular weight is 296 g/mol. The van der Waals surface area contributed by atoms with Crippen molar-refractivity contribution in [1.82, 2.24) is 9.21 Å². The summed E-state index contributed by atoms with van der Waals surface area (Å²) >= 11 is 0. The van der Waals surface area contributed by atoms with Crippen molar-refractivity contribution in [3.63, 3.8) is 0 Å². The van der Waals surface area contributed by atoms with Crippen molar-refractivity contribution in [3.8, 4) is 0 Å². The molecule has 1 aromatic carbocycles. The van der Waals surface area contributed by atoms with E-state index in [0.29, 0.717) is 19.5 Å². The lowest BCUT2D eigenvalue weighted by molar-refractivity contribution is -0.133. The molecule has 0 spiro atoms. The molecule has 20 heavy (non-hydrogen) atoms. The predicted molar refractivity (Wildman–Crippen MR) is 77.5 cm³/mol. The fourth-order valence-electron chi connectivity index (χ4n) is 2.57. The molecular formula is C14H20N2O3S. The van der Waals surface area contributed by atoms with E-state index in [1.54, 1.807) is 11.9 Å². The SMILES string of the molecule is CN(Cc1ccccc1)C(=O)[C@H]1CCCN1S(C)(=O)=O. The molecule has 2 rings (SSSR count). The van der Waals surface area contributed by atoms with E-state index in [0.717, 1.165) is 18.2 Å². The Hall–Kier alpha value is -1.40. The van der Waals surface area contributed by atoms with Gasteiger partial charge in [-0.05, 0) is 18.4 Å². The number of carbonyl (C=O) groups excluding carboxylic acids is 1. The van der Waals surface area contributed by atoms with Crippen molar-refractivity contribution in [2.45, 2.75) is 25.4 Å². The van der Waals surface area contributed by atoms with Crippen LogP contribution in [0.4, 0.5) is 0 Å². The lowest BCUT2D eigenvalue weighted by atomic mass is 10.1. The average Bonchev–Trinajstić information content (AvgIpc) is 2.88. The molecular weight excluding hydrogens is 276 g/mol. The number of nitrogens with zero attached hydrogens (tertiary/aromatic N) is 2. The van der Waals surface area contributed by atoms with Gasteiger partial charge in [-0.3, -0.25) is 4.79 Å². The molecule has 110 valence electrons. The highest BCUT2D eigenvalue weighted by Gasteiger charge is 2.37. The van der Waals surface area contributed by atoms with Gasteiger partial charge in [0.2, 0.25) is 15.9 Å². The maximum Gasteiger partial charge on any atom is 0.241 e. The van der Waals surface area contributed by atoms with Gasteiger partial charge in [0.05, 0.1) is 6.26 Å². The normalized spacial score (nSPS) is 20.0. The number of likely N-dealkylation sites (N-methyl/N-ethyl adjacent to an activating group) is 1. The molecule has 0 N–H and O–H groups in total. The van der Waals surface area contributed by atoms with E-state index in [1.807, 2.05) is 30.3 Å². The summed E-state index contributed by atoms with van der Waals surface area (Å²) in [5, 5.41) is 0. The van der Waals surface area contributed by atoms with Gasteiger partial charge in [0, 0.05) is 20.1 Å². The van der Waals surface area contributed by atoms with Gasteiger partial charge in [-0.15, -0.1) is 0 Å². The first-order valence-electron chi connectivity index (χ1n) is 6.65. The summed E-state index contributed by atoms with van der Waals surface area (Å²) in [6, 6.07) is 9.13. The minimum atomic E-state index is -3.32. The summed E-state index contributed by atoms with van der Waals surface area (Å²) in [4.78, 5) is 14.0. The standard InChI is InChI=1S/C14H20N2O3S/c1-15(11-12-7-4-3-5-8-12)14(17)13-9-6-10-16(13)20(2,18)19/h3-5,7-8,13H,6,9-11H2,1-2H3/t13-/m1/s1. The molecule has 0 radical (unpaired) electrons. The van der Waals surface area contributed by atoms with Crippen LogP contribution in [-0.2, 0) is 21.4 Å². The molecule has 1 aliphatic rings. The first-order valence-corrected chi connectivity index (χ1v) is 8.50. The Kier molecular flexibility index (Phi) is 4.45. The summed E-state index contributed by atoms with van der Waals surface area (Å²) in [6.07, 6.45) is 2.50. The van der Waals surface area contributed by atoms with Crippen LogP contribution in [0.2, 0.25) is 0 Å². The second-order valence-electron chi connectivity index (χ2n) is 5.21. The summed E-state index contributed by atoms with van der Waals surface area (Å²) in [7, 11) is -1.60. The van der Waals surface area contributed by atoms with Crippen LogP contribution in [-0.4, -0.2) is 49.4 Å². The van der Waals surface area contributed by atoms with Crippen LogP contribution in [0.5, 0.6) is 0 Å². The van der Waals surface area contributed by atoms with Crippen LogP contribution in [0.3, 0.4) is 0 Å². The van der Waals surface area contributed by atoms with Crippen molar-refractivity contribution in [2.24, 2.45) is 0 Å². The van der Waals surface area contributed by atoms with Gasteiger partial charge in [0.15, 0.2) is 0 Å². The first-order chi connectivity index (χ1) is 9.39. The summed E-state index contributed by atoms with van der Waals surface area (Å²) in [5.41, 5.74) is 1.03. The number of rotatable bonds is 4. The van der Waals surface area contributed by atoms with E-state index in [1.165, 1.54) is 4.31 Å². The van der Waals surface area contributed by atoms with Crippen LogP contribution in [0.1, 0.15) is 18.4 Å². The molecule has 6 heteroatoms. The predicted octanol–water partition coefficient (Wildman–Crippen LogP) is 1.07. The molecule has 0 saturated carbocycles. The lowest BCUT2D eigenvalue weighted by Crippen LogP contribution is -2.45. The van der Waals surface area contributed by atoms with Gasteiger partial charge in [0.1, 0.15) is 6.04 Å². The van der Waals surface area contributed by atoms with E-state index in [9.17, 15) is 13.2 Å². The monoisotopic (exact) mass is 296 g/mol. The molecule has 1 saturated heterocycles. The van der Waals surface area contributed by atoms with E-state index in [4.69, 9.17) is 0 Å². The highest BCUT2D eigenvalue weighted by atomic mass is 32.2. The quantitative estimate of drug-likeness (QED) is 0.835. The van der Waals surface area contributed by atoms with Gasteiger partial charge in [-0.1, -0.05) is 30.3 Å². The summed E-state index contributed by atoms with van der Waals surface area (Å²) < 4.78 is 24.7. The Morgan fingerprint density at radius 3 is 2.60 bits per heavy atom. The number of benzene rings is 1. The minimum Gasteiger partial charge on any atom is -0.340 e. The minimum absolute atomic E-state index is 0.128. The molecule has 1 fully saturated rings. The van der Waals surface area contributed by atoms with Crippen molar-refractivity contribution < 1.29 is 13.2 Å². The Bertz CT molecular complexity index is 571. The molecule has 1 aromatic rings. The number of carbonyl (C=O) groups is 1. The maximum absolute atomic E-state index is 12.4. The van der Waals surface area contributed by atoms with E-state index in [2.05, 4.69) is 0 Å².